The Morgan fingerprint density at radius 3 is 2.75 bits per heavy atom. The fourth-order valence-electron chi connectivity index (χ4n) is 2.97. The molecule has 1 aromatic carbocycles. The first-order valence-electron chi connectivity index (χ1n) is 8.61. The van der Waals surface area contributed by atoms with Crippen LogP contribution in [-0.4, -0.2) is 35.1 Å². The Bertz CT molecular complexity index is 1100. The van der Waals surface area contributed by atoms with Gasteiger partial charge in [-0.15, -0.1) is 0 Å². The number of sulfonamides is 1. The van der Waals surface area contributed by atoms with E-state index in [1.54, 1.807) is 6.07 Å². The largest absolute Gasteiger partial charge is 0.435 e. The van der Waals surface area contributed by atoms with Crippen molar-refractivity contribution in [3.8, 4) is 0 Å². The maximum Gasteiger partial charge on any atom is 0.435 e. The molecule has 4 rings (SSSR count). The van der Waals surface area contributed by atoms with E-state index in [2.05, 4.69) is 24.8 Å². The van der Waals surface area contributed by atoms with Gasteiger partial charge in [0, 0.05) is 24.7 Å². The van der Waals surface area contributed by atoms with Crippen molar-refractivity contribution in [2.75, 3.05) is 6.54 Å². The third-order valence-electron chi connectivity index (χ3n) is 4.47. The zero-order valence-electron chi connectivity index (χ0n) is 14.5. The van der Waals surface area contributed by atoms with E-state index in [4.69, 9.17) is 0 Å². The second-order valence-electron chi connectivity index (χ2n) is 6.59. The lowest BCUT2D eigenvalue weighted by Gasteiger charge is -2.09. The molecule has 1 N–H and O–H groups in total. The third-order valence-corrected chi connectivity index (χ3v) is 5.97. The number of hydrogen-bond donors (Lipinski definition) is 1. The van der Waals surface area contributed by atoms with Crippen molar-refractivity contribution in [2.45, 2.75) is 42.8 Å². The molecule has 0 bridgehead atoms. The van der Waals surface area contributed by atoms with E-state index in [-0.39, 0.29) is 35.8 Å². The molecule has 12 heteroatoms. The molecule has 1 saturated carbocycles. The molecule has 0 unspecified atom stereocenters. The van der Waals surface area contributed by atoms with Gasteiger partial charge in [-0.05, 0) is 47.8 Å². The Morgan fingerprint density at radius 1 is 1.25 bits per heavy atom. The van der Waals surface area contributed by atoms with Crippen molar-refractivity contribution in [1.82, 2.24) is 24.8 Å². The van der Waals surface area contributed by atoms with Crippen LogP contribution < -0.4 is 4.72 Å². The quantitative estimate of drug-likeness (QED) is 0.595. The summed E-state index contributed by atoms with van der Waals surface area (Å²) in [5.74, 6) is 0.0950. The molecule has 8 nitrogen and oxygen atoms in total. The minimum absolute atomic E-state index is 0.0370. The monoisotopic (exact) mass is 415 g/mol. The molecule has 1 fully saturated rings. The second-order valence-corrected chi connectivity index (χ2v) is 8.32. The van der Waals surface area contributed by atoms with Crippen LogP contribution in [0.1, 0.15) is 36.6 Å². The predicted octanol–water partition coefficient (Wildman–Crippen LogP) is 2.68. The fraction of sp³-hybridized carbons (Fsp3) is 0.438. The van der Waals surface area contributed by atoms with E-state index >= 15 is 0 Å². The Morgan fingerprint density at radius 2 is 2.04 bits per heavy atom. The number of fused-ring (bicyclic) bond motifs is 1. The summed E-state index contributed by atoms with van der Waals surface area (Å²) in [4.78, 5) is -0.0663. The number of halogens is 3. The number of alkyl halides is 3. The lowest BCUT2D eigenvalue weighted by Crippen LogP contribution is -2.26. The molecule has 28 heavy (non-hydrogen) atoms. The zero-order valence-corrected chi connectivity index (χ0v) is 15.3. The van der Waals surface area contributed by atoms with Crippen LogP contribution in [0.15, 0.2) is 33.8 Å². The van der Waals surface area contributed by atoms with Gasteiger partial charge in [-0.3, -0.25) is 4.68 Å². The number of nitrogens with one attached hydrogen (secondary N) is 1. The van der Waals surface area contributed by atoms with Crippen LogP contribution in [0.4, 0.5) is 13.2 Å². The van der Waals surface area contributed by atoms with E-state index in [0.29, 0.717) is 11.2 Å². The predicted molar refractivity (Wildman–Crippen MR) is 90.8 cm³/mol. The molecule has 150 valence electrons. The van der Waals surface area contributed by atoms with Crippen LogP contribution in [-0.2, 0) is 22.7 Å². The summed E-state index contributed by atoms with van der Waals surface area (Å²) in [6, 6.07) is 5.55. The molecule has 3 aromatic rings. The van der Waals surface area contributed by atoms with Gasteiger partial charge < -0.3 is 0 Å². The molecule has 0 spiro atoms. The molecule has 0 radical (unpaired) electrons. The van der Waals surface area contributed by atoms with Crippen molar-refractivity contribution in [1.29, 1.82) is 0 Å². The maximum absolute atomic E-state index is 12.9. The molecule has 2 aromatic heterocycles. The van der Waals surface area contributed by atoms with Gasteiger partial charge in [0.15, 0.2) is 11.2 Å². The highest BCUT2D eigenvalue weighted by Crippen LogP contribution is 2.42. The minimum atomic E-state index is -4.50. The van der Waals surface area contributed by atoms with Crippen LogP contribution in [0.3, 0.4) is 0 Å². The summed E-state index contributed by atoms with van der Waals surface area (Å²) in [6.45, 7) is 0.218. The van der Waals surface area contributed by atoms with Crippen LogP contribution in [0, 0.1) is 0 Å². The van der Waals surface area contributed by atoms with Gasteiger partial charge >= 0.3 is 6.18 Å². The number of aromatic nitrogens is 4. The summed E-state index contributed by atoms with van der Waals surface area (Å²) < 4.78 is 72.0. The van der Waals surface area contributed by atoms with Gasteiger partial charge in [-0.2, -0.15) is 18.3 Å². The number of aryl methyl sites for hydroxylation is 1. The maximum atomic E-state index is 12.9. The molecule has 1 aliphatic carbocycles. The third kappa shape index (κ3) is 3.74. The average Bonchev–Trinajstić information content (AvgIpc) is 3.18. The van der Waals surface area contributed by atoms with E-state index in [9.17, 15) is 21.6 Å². The molecular weight excluding hydrogens is 399 g/mol. The van der Waals surface area contributed by atoms with Gasteiger partial charge in [0.05, 0.1) is 0 Å². The Labute approximate surface area is 157 Å². The van der Waals surface area contributed by atoms with Crippen LogP contribution in [0.2, 0.25) is 0 Å². The Balaban J connectivity index is 1.42. The lowest BCUT2D eigenvalue weighted by molar-refractivity contribution is -0.141. The number of hydrogen-bond acceptors (Lipinski definition) is 6. The first-order valence-corrected chi connectivity index (χ1v) is 10.1. The average molecular weight is 415 g/mol. The smallest absolute Gasteiger partial charge is 0.269 e. The van der Waals surface area contributed by atoms with E-state index in [1.807, 2.05) is 0 Å². The number of nitrogens with zero attached hydrogens (tertiary/aromatic N) is 4. The first-order chi connectivity index (χ1) is 13.3. The van der Waals surface area contributed by atoms with Gasteiger partial charge in [0.25, 0.3) is 0 Å². The zero-order chi connectivity index (χ0) is 19.9. The van der Waals surface area contributed by atoms with E-state index in [0.717, 1.165) is 18.9 Å². The molecular formula is C16H16F3N5O3S. The number of rotatable bonds is 7. The van der Waals surface area contributed by atoms with Gasteiger partial charge in [-0.1, -0.05) is 6.07 Å². The summed E-state index contributed by atoms with van der Waals surface area (Å²) >= 11 is 0. The van der Waals surface area contributed by atoms with Crippen molar-refractivity contribution in [2.24, 2.45) is 0 Å². The van der Waals surface area contributed by atoms with Crippen molar-refractivity contribution >= 4 is 21.1 Å². The minimum Gasteiger partial charge on any atom is -0.269 e. The Kier molecular flexibility index (Phi) is 4.62. The summed E-state index contributed by atoms with van der Waals surface area (Å²) in [5, 5.41) is 10.9. The molecule has 0 amide bonds. The summed E-state index contributed by atoms with van der Waals surface area (Å²) in [7, 11) is -3.87. The first kappa shape index (κ1) is 18.9. The highest BCUT2D eigenvalue weighted by Gasteiger charge is 2.37. The normalized spacial score (nSPS) is 15.4. The Hall–Kier alpha value is -2.47. The molecule has 0 saturated heterocycles. The lowest BCUT2D eigenvalue weighted by atomic mass is 10.2. The van der Waals surface area contributed by atoms with Crippen LogP contribution >= 0.6 is 0 Å². The van der Waals surface area contributed by atoms with Crippen molar-refractivity contribution < 1.29 is 26.2 Å². The topological polar surface area (TPSA) is 103 Å². The van der Waals surface area contributed by atoms with Crippen molar-refractivity contribution in [3.05, 3.63) is 35.7 Å². The van der Waals surface area contributed by atoms with Gasteiger partial charge in [0.1, 0.15) is 10.4 Å². The van der Waals surface area contributed by atoms with E-state index in [1.165, 1.54) is 16.8 Å². The SMILES string of the molecule is O=S(=O)(NCCCn1nc(C(F)(F)F)cc1C1CC1)c1cccc2nonc12. The van der Waals surface area contributed by atoms with Crippen LogP contribution in [0.5, 0.6) is 0 Å². The standard InChI is InChI=1S/C16H16F3N5O3S/c17-16(18,19)14-9-12(10-5-6-10)24(21-14)8-2-7-20-28(25,26)13-4-1-3-11-15(13)23-27-22-11/h1,3-4,9-10,20H,2,5-8H2. The molecule has 2 heterocycles. The van der Waals surface area contributed by atoms with E-state index < -0.39 is 21.9 Å². The highest BCUT2D eigenvalue weighted by molar-refractivity contribution is 7.89. The fourth-order valence-corrected chi connectivity index (χ4v) is 4.19. The number of benzene rings is 1. The van der Waals surface area contributed by atoms with Gasteiger partial charge in [0.2, 0.25) is 10.0 Å². The highest BCUT2D eigenvalue weighted by atomic mass is 32.2. The van der Waals surface area contributed by atoms with Crippen LogP contribution in [0.25, 0.3) is 11.0 Å². The van der Waals surface area contributed by atoms with Gasteiger partial charge in [-0.25, -0.2) is 17.8 Å². The van der Waals surface area contributed by atoms with Crippen molar-refractivity contribution in [3.63, 3.8) is 0 Å². The molecule has 0 atom stereocenters. The molecule has 1 aliphatic rings. The summed E-state index contributed by atoms with van der Waals surface area (Å²) in [6.07, 6.45) is -2.54. The summed E-state index contributed by atoms with van der Waals surface area (Å²) in [5.41, 5.74) is 0.0647. The second kappa shape index (κ2) is 6.85. The molecule has 0 aliphatic heterocycles.